The van der Waals surface area contributed by atoms with E-state index in [2.05, 4.69) is 11.9 Å². The molecule has 1 aromatic rings. The van der Waals surface area contributed by atoms with E-state index in [0.717, 1.165) is 5.57 Å². The summed E-state index contributed by atoms with van der Waals surface area (Å²) in [5.41, 5.74) is 2.20. The third-order valence-electron chi connectivity index (χ3n) is 3.89. The third-order valence-corrected chi connectivity index (χ3v) is 4.20. The zero-order valence-electron chi connectivity index (χ0n) is 15.3. The average Bonchev–Trinajstić information content (AvgIpc) is 2.56. The van der Waals surface area contributed by atoms with Crippen molar-refractivity contribution in [1.82, 2.24) is 5.32 Å². The van der Waals surface area contributed by atoms with Crippen LogP contribution in [0.1, 0.15) is 32.3 Å². The van der Waals surface area contributed by atoms with Gasteiger partial charge in [0.1, 0.15) is 5.82 Å². The van der Waals surface area contributed by atoms with Crippen LogP contribution in [-0.4, -0.2) is 13.5 Å². The predicted octanol–water partition coefficient (Wildman–Crippen LogP) is 6.78. The lowest BCUT2D eigenvalue weighted by atomic mass is 9.89. The van der Waals surface area contributed by atoms with Crippen LogP contribution in [0.3, 0.4) is 0 Å². The lowest BCUT2D eigenvalue weighted by Gasteiger charge is -2.21. The highest BCUT2D eigenvalue weighted by Crippen LogP contribution is 2.34. The highest BCUT2D eigenvalue weighted by Gasteiger charge is 2.20. The number of benzene rings is 1. The second-order valence-electron chi connectivity index (χ2n) is 5.99. The molecule has 26 heavy (non-hydrogen) atoms. The van der Waals surface area contributed by atoms with Gasteiger partial charge in [-0.15, -0.1) is 0 Å². The van der Waals surface area contributed by atoms with E-state index in [9.17, 15) is 13.2 Å². The molecule has 1 N–H and O–H groups in total. The minimum atomic E-state index is -2.39. The molecule has 0 aromatic heterocycles. The summed E-state index contributed by atoms with van der Waals surface area (Å²) in [4.78, 5) is 0. The second-order valence-corrected chi connectivity index (χ2v) is 6.40. The molecular weight excluding hydrogens is 359 g/mol. The molecule has 0 fully saturated rings. The third kappa shape index (κ3) is 6.10. The molecule has 0 aliphatic heterocycles. The minimum absolute atomic E-state index is 0.232. The fourth-order valence-corrected chi connectivity index (χ4v) is 3.08. The first-order valence-corrected chi connectivity index (χ1v) is 8.82. The number of allylic oxidation sites excluding steroid dienone is 6. The SMILES string of the molecule is C=C/C=C(\C=C/C)C(/CC(C)CC(F)F)=C(/NC)c1c(F)cccc1Cl. The Kier molecular flexibility index (Phi) is 9.28. The van der Waals surface area contributed by atoms with E-state index in [1.165, 1.54) is 12.1 Å². The molecule has 142 valence electrons. The van der Waals surface area contributed by atoms with Crippen molar-refractivity contribution in [3.8, 4) is 0 Å². The maximum Gasteiger partial charge on any atom is 0.238 e. The van der Waals surface area contributed by atoms with Crippen LogP contribution in [0.25, 0.3) is 5.70 Å². The molecule has 5 heteroatoms. The monoisotopic (exact) mass is 383 g/mol. The topological polar surface area (TPSA) is 12.0 Å². The first kappa shape index (κ1) is 22.1. The van der Waals surface area contributed by atoms with E-state index >= 15 is 0 Å². The largest absolute Gasteiger partial charge is 0.387 e. The van der Waals surface area contributed by atoms with Crippen LogP contribution in [0, 0.1) is 11.7 Å². The number of rotatable bonds is 9. The summed E-state index contributed by atoms with van der Waals surface area (Å²) in [5.74, 6) is -0.767. The van der Waals surface area contributed by atoms with Crippen molar-refractivity contribution < 1.29 is 13.2 Å². The Hall–Kier alpha value is -1.94. The van der Waals surface area contributed by atoms with Gasteiger partial charge in [-0.3, -0.25) is 0 Å². The highest BCUT2D eigenvalue weighted by molar-refractivity contribution is 6.32. The van der Waals surface area contributed by atoms with Gasteiger partial charge in [0, 0.05) is 19.2 Å². The van der Waals surface area contributed by atoms with Crippen molar-refractivity contribution >= 4 is 17.3 Å². The van der Waals surface area contributed by atoms with Gasteiger partial charge < -0.3 is 5.32 Å². The smallest absolute Gasteiger partial charge is 0.238 e. The van der Waals surface area contributed by atoms with Crippen LogP contribution >= 0.6 is 11.6 Å². The summed E-state index contributed by atoms with van der Waals surface area (Å²) in [6.45, 7) is 7.32. The van der Waals surface area contributed by atoms with Crippen LogP contribution in [0.15, 0.2) is 60.2 Å². The molecular formula is C21H25ClF3N. The van der Waals surface area contributed by atoms with E-state index < -0.39 is 12.2 Å². The summed E-state index contributed by atoms with van der Waals surface area (Å²) in [7, 11) is 1.66. The van der Waals surface area contributed by atoms with Crippen molar-refractivity contribution in [1.29, 1.82) is 0 Å². The number of halogens is 4. The van der Waals surface area contributed by atoms with Gasteiger partial charge in [0.15, 0.2) is 0 Å². The molecule has 0 saturated carbocycles. The van der Waals surface area contributed by atoms with E-state index in [4.69, 9.17) is 11.6 Å². The summed E-state index contributed by atoms with van der Waals surface area (Å²) < 4.78 is 40.1. The second kappa shape index (κ2) is 10.9. The first-order chi connectivity index (χ1) is 12.3. The number of alkyl halides is 2. The molecule has 1 rings (SSSR count). The van der Waals surface area contributed by atoms with Gasteiger partial charge in [-0.05, 0) is 42.5 Å². The van der Waals surface area contributed by atoms with Crippen molar-refractivity contribution in [3.05, 3.63) is 76.6 Å². The van der Waals surface area contributed by atoms with Crippen LogP contribution in [0.4, 0.5) is 13.2 Å². The number of hydrogen-bond acceptors (Lipinski definition) is 1. The molecule has 1 atom stereocenters. The lowest BCUT2D eigenvalue weighted by molar-refractivity contribution is 0.118. The maximum absolute atomic E-state index is 14.5. The fraction of sp³-hybridized carbons (Fsp3) is 0.333. The molecule has 1 unspecified atom stereocenters. The van der Waals surface area contributed by atoms with Gasteiger partial charge in [-0.1, -0.05) is 55.5 Å². The van der Waals surface area contributed by atoms with Crippen molar-refractivity contribution in [2.75, 3.05) is 7.05 Å². The van der Waals surface area contributed by atoms with Crippen LogP contribution in [0.5, 0.6) is 0 Å². The van der Waals surface area contributed by atoms with E-state index in [-0.39, 0.29) is 22.9 Å². The van der Waals surface area contributed by atoms with Gasteiger partial charge in [0.2, 0.25) is 6.43 Å². The maximum atomic E-state index is 14.5. The van der Waals surface area contributed by atoms with Gasteiger partial charge in [0.05, 0.1) is 10.6 Å². The molecule has 1 aromatic carbocycles. The molecule has 0 saturated heterocycles. The van der Waals surface area contributed by atoms with Gasteiger partial charge in [-0.2, -0.15) is 0 Å². The Balaban J connectivity index is 3.64. The van der Waals surface area contributed by atoms with Crippen molar-refractivity contribution in [2.24, 2.45) is 5.92 Å². The van der Waals surface area contributed by atoms with Crippen molar-refractivity contribution in [2.45, 2.75) is 33.1 Å². The molecule has 0 bridgehead atoms. The number of hydrogen-bond donors (Lipinski definition) is 1. The normalized spacial score (nSPS) is 14.5. The fourth-order valence-electron chi connectivity index (χ4n) is 2.83. The summed E-state index contributed by atoms with van der Waals surface area (Å²) in [5, 5.41) is 3.27. The minimum Gasteiger partial charge on any atom is -0.387 e. The zero-order valence-corrected chi connectivity index (χ0v) is 16.1. The standard InChI is InChI=1S/C21H25ClF3N/c1-5-8-15(9-6-2)16(12-14(3)13-19(24)25)21(26-4)20-17(22)10-7-11-18(20)23/h5-11,14,19,26H,1,12-13H2,2-4H3/b9-6-,15-8+,21-16+. The van der Waals surface area contributed by atoms with Crippen molar-refractivity contribution in [3.63, 3.8) is 0 Å². The molecule has 0 aliphatic carbocycles. The predicted molar refractivity (Wildman–Crippen MR) is 105 cm³/mol. The summed E-state index contributed by atoms with van der Waals surface area (Å²) in [6, 6.07) is 4.45. The molecule has 1 nitrogen and oxygen atoms in total. The van der Waals surface area contributed by atoms with E-state index in [1.54, 1.807) is 32.2 Å². The lowest BCUT2D eigenvalue weighted by Crippen LogP contribution is -2.14. The van der Waals surface area contributed by atoms with E-state index in [1.807, 2.05) is 19.1 Å². The van der Waals surface area contributed by atoms with Crippen LogP contribution < -0.4 is 5.32 Å². The average molecular weight is 384 g/mol. The Labute approximate surface area is 158 Å². The van der Waals surface area contributed by atoms with E-state index in [0.29, 0.717) is 17.7 Å². The molecule has 0 heterocycles. The van der Waals surface area contributed by atoms with Gasteiger partial charge in [0.25, 0.3) is 0 Å². The van der Waals surface area contributed by atoms with Gasteiger partial charge >= 0.3 is 0 Å². The molecule has 0 aliphatic rings. The molecule has 0 amide bonds. The van der Waals surface area contributed by atoms with Crippen LogP contribution in [0.2, 0.25) is 5.02 Å². The first-order valence-electron chi connectivity index (χ1n) is 8.44. The quantitative estimate of drug-likeness (QED) is 0.463. The Morgan fingerprint density at radius 3 is 2.54 bits per heavy atom. The molecule has 0 spiro atoms. The van der Waals surface area contributed by atoms with Crippen LogP contribution in [-0.2, 0) is 0 Å². The molecule has 0 radical (unpaired) electrons. The summed E-state index contributed by atoms with van der Waals surface area (Å²) >= 11 is 6.23. The Morgan fingerprint density at radius 1 is 1.35 bits per heavy atom. The Morgan fingerprint density at radius 2 is 2.04 bits per heavy atom. The number of nitrogens with one attached hydrogen (secondary N) is 1. The summed E-state index contributed by atoms with van der Waals surface area (Å²) in [6.07, 6.45) is 4.79. The Bertz CT molecular complexity index is 685. The highest BCUT2D eigenvalue weighted by atomic mass is 35.5. The zero-order chi connectivity index (χ0) is 19.7. The van der Waals surface area contributed by atoms with Gasteiger partial charge in [-0.25, -0.2) is 13.2 Å².